The van der Waals surface area contributed by atoms with Crippen molar-refractivity contribution in [2.75, 3.05) is 6.61 Å². The van der Waals surface area contributed by atoms with E-state index in [1.165, 1.54) is 0 Å². The molecule has 0 radical (unpaired) electrons. The summed E-state index contributed by atoms with van der Waals surface area (Å²) in [6, 6.07) is 16.7. The van der Waals surface area contributed by atoms with Gasteiger partial charge in [-0.15, -0.1) is 0 Å². The molecule has 116 valence electrons. The second-order valence-electron chi connectivity index (χ2n) is 5.44. The van der Waals surface area contributed by atoms with Gasteiger partial charge in [-0.3, -0.25) is 9.63 Å². The van der Waals surface area contributed by atoms with Crippen LogP contribution in [0.1, 0.15) is 29.8 Å². The van der Waals surface area contributed by atoms with E-state index in [9.17, 15) is 4.79 Å². The van der Waals surface area contributed by atoms with E-state index in [2.05, 4.69) is 19.3 Å². The summed E-state index contributed by atoms with van der Waals surface area (Å²) in [4.78, 5) is 17.3. The van der Waals surface area contributed by atoms with Crippen LogP contribution in [-0.2, 0) is 11.4 Å². The first-order chi connectivity index (χ1) is 10.6. The third kappa shape index (κ3) is 5.22. The third-order valence-corrected chi connectivity index (χ3v) is 2.93. The highest BCUT2D eigenvalue weighted by molar-refractivity contribution is 5.93. The Hall–Kier alpha value is -2.33. The van der Waals surface area contributed by atoms with E-state index in [4.69, 9.17) is 9.57 Å². The molecule has 1 N–H and O–H groups in total. The molecule has 1 amide bonds. The van der Waals surface area contributed by atoms with Crippen molar-refractivity contribution < 1.29 is 14.4 Å². The van der Waals surface area contributed by atoms with Gasteiger partial charge in [-0.25, -0.2) is 5.48 Å². The van der Waals surface area contributed by atoms with Gasteiger partial charge in [-0.1, -0.05) is 50.2 Å². The van der Waals surface area contributed by atoms with Crippen LogP contribution in [0.25, 0.3) is 0 Å². The van der Waals surface area contributed by atoms with Gasteiger partial charge < -0.3 is 4.74 Å². The molecule has 4 nitrogen and oxygen atoms in total. The minimum atomic E-state index is -0.286. The zero-order valence-corrected chi connectivity index (χ0v) is 12.9. The molecule has 2 aromatic carbocycles. The predicted octanol–water partition coefficient (Wildman–Crippen LogP) is 3.58. The molecule has 0 aliphatic carbocycles. The van der Waals surface area contributed by atoms with E-state index in [1.54, 1.807) is 18.2 Å². The van der Waals surface area contributed by atoms with E-state index in [-0.39, 0.29) is 5.91 Å². The van der Waals surface area contributed by atoms with Crippen LogP contribution in [0.15, 0.2) is 54.6 Å². The van der Waals surface area contributed by atoms with Gasteiger partial charge in [0.05, 0.1) is 13.2 Å². The maximum Gasteiger partial charge on any atom is 0.274 e. The normalized spacial score (nSPS) is 10.5. The summed E-state index contributed by atoms with van der Waals surface area (Å²) in [7, 11) is 0. The topological polar surface area (TPSA) is 47.6 Å². The highest BCUT2D eigenvalue weighted by atomic mass is 16.6. The Morgan fingerprint density at radius 3 is 2.59 bits per heavy atom. The van der Waals surface area contributed by atoms with E-state index < -0.39 is 0 Å². The fourth-order valence-electron chi connectivity index (χ4n) is 1.81. The number of benzene rings is 2. The number of hydroxylamine groups is 1. The number of hydrogen-bond acceptors (Lipinski definition) is 3. The summed E-state index contributed by atoms with van der Waals surface area (Å²) in [5.74, 6) is 0.835. The number of nitrogens with one attached hydrogen (secondary N) is 1. The Bertz CT molecular complexity index is 596. The largest absolute Gasteiger partial charge is 0.493 e. The molecule has 0 saturated heterocycles. The Balaban J connectivity index is 1.85. The van der Waals surface area contributed by atoms with Crippen molar-refractivity contribution in [2.45, 2.75) is 20.5 Å². The van der Waals surface area contributed by atoms with Gasteiger partial charge in [0.2, 0.25) is 0 Å². The van der Waals surface area contributed by atoms with E-state index in [1.807, 2.05) is 36.4 Å². The van der Waals surface area contributed by atoms with Gasteiger partial charge in [0, 0.05) is 5.56 Å². The first-order valence-corrected chi connectivity index (χ1v) is 7.34. The lowest BCUT2D eigenvalue weighted by Gasteiger charge is -2.10. The van der Waals surface area contributed by atoms with Gasteiger partial charge in [-0.2, -0.15) is 0 Å². The minimum Gasteiger partial charge on any atom is -0.493 e. The predicted molar refractivity (Wildman–Crippen MR) is 85.5 cm³/mol. The molecule has 0 aliphatic heterocycles. The minimum absolute atomic E-state index is 0.286. The Morgan fingerprint density at radius 1 is 1.09 bits per heavy atom. The number of carbonyl (C=O) groups excluding carboxylic acids is 1. The smallest absolute Gasteiger partial charge is 0.274 e. The average Bonchev–Trinajstić information content (AvgIpc) is 2.54. The molecule has 4 heteroatoms. The monoisotopic (exact) mass is 299 g/mol. The standard InChI is InChI=1S/C18H21NO3/c1-14(2)12-21-17-10-6-9-16(11-17)18(20)19-22-13-15-7-4-3-5-8-15/h3-11,14H,12-13H2,1-2H3,(H,19,20). The van der Waals surface area contributed by atoms with Crippen LogP contribution in [-0.4, -0.2) is 12.5 Å². The highest BCUT2D eigenvalue weighted by Gasteiger charge is 2.07. The molecule has 2 rings (SSSR count). The van der Waals surface area contributed by atoms with Crippen LogP contribution in [0, 0.1) is 5.92 Å². The molecule has 0 spiro atoms. The quantitative estimate of drug-likeness (QED) is 0.795. The van der Waals surface area contributed by atoms with Gasteiger partial charge in [-0.05, 0) is 29.7 Å². The molecule has 0 saturated carbocycles. The number of ether oxygens (including phenoxy) is 1. The first-order valence-electron chi connectivity index (χ1n) is 7.34. The van der Waals surface area contributed by atoms with Crippen molar-refractivity contribution in [2.24, 2.45) is 5.92 Å². The van der Waals surface area contributed by atoms with Gasteiger partial charge in [0.25, 0.3) is 5.91 Å². The maximum absolute atomic E-state index is 12.0. The molecule has 0 aliphatic rings. The number of amides is 1. The molecule has 0 bridgehead atoms. The van der Waals surface area contributed by atoms with Crippen LogP contribution in [0.5, 0.6) is 5.75 Å². The summed E-state index contributed by atoms with van der Waals surface area (Å²) in [6.45, 7) is 5.10. The van der Waals surface area contributed by atoms with E-state index in [0.717, 1.165) is 5.56 Å². The van der Waals surface area contributed by atoms with Crippen molar-refractivity contribution >= 4 is 5.91 Å². The molecule has 0 aromatic heterocycles. The van der Waals surface area contributed by atoms with Gasteiger partial charge in [0.15, 0.2) is 0 Å². The molecule has 2 aromatic rings. The van der Waals surface area contributed by atoms with E-state index >= 15 is 0 Å². The zero-order valence-electron chi connectivity index (χ0n) is 12.9. The van der Waals surface area contributed by atoms with Crippen LogP contribution in [0.4, 0.5) is 0 Å². The molecule has 0 atom stereocenters. The highest BCUT2D eigenvalue weighted by Crippen LogP contribution is 2.14. The molecular weight excluding hydrogens is 278 g/mol. The van der Waals surface area contributed by atoms with Crippen molar-refractivity contribution in [3.8, 4) is 5.75 Å². The first kappa shape index (κ1) is 16.0. The van der Waals surface area contributed by atoms with Crippen LogP contribution in [0.3, 0.4) is 0 Å². The Labute approximate surface area is 131 Å². The summed E-state index contributed by atoms with van der Waals surface area (Å²) in [5.41, 5.74) is 3.95. The van der Waals surface area contributed by atoms with E-state index in [0.29, 0.717) is 30.4 Å². The summed E-state index contributed by atoms with van der Waals surface area (Å²) >= 11 is 0. The number of hydrogen-bond donors (Lipinski definition) is 1. The lowest BCUT2D eigenvalue weighted by molar-refractivity contribution is 0.0233. The third-order valence-electron chi connectivity index (χ3n) is 2.93. The fraction of sp³-hybridized carbons (Fsp3) is 0.278. The lowest BCUT2D eigenvalue weighted by atomic mass is 10.2. The lowest BCUT2D eigenvalue weighted by Crippen LogP contribution is -2.23. The average molecular weight is 299 g/mol. The maximum atomic E-state index is 12.0. The van der Waals surface area contributed by atoms with Crippen molar-refractivity contribution in [1.82, 2.24) is 5.48 Å². The summed E-state index contributed by atoms with van der Waals surface area (Å²) < 4.78 is 5.61. The SMILES string of the molecule is CC(C)COc1cccc(C(=O)NOCc2ccccc2)c1. The molecule has 0 unspecified atom stereocenters. The molecule has 0 fully saturated rings. The second-order valence-corrected chi connectivity index (χ2v) is 5.44. The Morgan fingerprint density at radius 2 is 1.86 bits per heavy atom. The van der Waals surface area contributed by atoms with Crippen molar-refractivity contribution in [3.05, 3.63) is 65.7 Å². The number of carbonyl (C=O) groups is 1. The summed E-state index contributed by atoms with van der Waals surface area (Å²) in [5, 5.41) is 0. The number of rotatable bonds is 7. The van der Waals surface area contributed by atoms with Gasteiger partial charge >= 0.3 is 0 Å². The van der Waals surface area contributed by atoms with Gasteiger partial charge in [0.1, 0.15) is 5.75 Å². The van der Waals surface area contributed by atoms with Crippen LogP contribution in [0.2, 0.25) is 0 Å². The summed E-state index contributed by atoms with van der Waals surface area (Å²) in [6.07, 6.45) is 0. The fourth-order valence-corrected chi connectivity index (χ4v) is 1.81. The molecule has 0 heterocycles. The Kier molecular flexibility index (Phi) is 5.98. The van der Waals surface area contributed by atoms with Crippen molar-refractivity contribution in [3.63, 3.8) is 0 Å². The molecule has 22 heavy (non-hydrogen) atoms. The second kappa shape index (κ2) is 8.20. The molecular formula is C18H21NO3. The van der Waals surface area contributed by atoms with Crippen molar-refractivity contribution in [1.29, 1.82) is 0 Å². The zero-order chi connectivity index (χ0) is 15.8. The van der Waals surface area contributed by atoms with Crippen LogP contribution >= 0.6 is 0 Å². The van der Waals surface area contributed by atoms with Crippen LogP contribution < -0.4 is 10.2 Å².